The van der Waals surface area contributed by atoms with Crippen LogP contribution in [0.25, 0.3) is 11.6 Å². The van der Waals surface area contributed by atoms with Crippen LogP contribution in [0.5, 0.6) is 11.5 Å². The molecule has 2 aromatic carbocycles. The number of benzene rings is 2. The molecule has 22 heavy (non-hydrogen) atoms. The molecule has 0 unspecified atom stereocenters. The van der Waals surface area contributed by atoms with Crippen molar-refractivity contribution in [1.82, 2.24) is 0 Å². The molecule has 2 aromatic rings. The molecule has 0 amide bonds. The lowest BCUT2D eigenvalue weighted by Gasteiger charge is -2.29. The molecule has 0 saturated heterocycles. The van der Waals surface area contributed by atoms with Crippen LogP contribution in [-0.2, 0) is 0 Å². The molecule has 1 heterocycles. The van der Waals surface area contributed by atoms with Gasteiger partial charge in [0.1, 0.15) is 0 Å². The third kappa shape index (κ3) is 2.01. The smallest absolute Gasteiger partial charge is 0.231 e. The Kier molecular flexibility index (Phi) is 2.81. The number of hydrogen-bond acceptors (Lipinski definition) is 3. The van der Waals surface area contributed by atoms with Crippen LogP contribution in [-0.4, -0.2) is 17.5 Å². The summed E-state index contributed by atoms with van der Waals surface area (Å²) in [6.07, 6.45) is 2.15. The van der Waals surface area contributed by atoms with Crippen LogP contribution in [0.3, 0.4) is 0 Å². The minimum absolute atomic E-state index is 0.0839. The Balaban J connectivity index is 1.89. The van der Waals surface area contributed by atoms with E-state index in [2.05, 4.69) is 18.2 Å². The summed E-state index contributed by atoms with van der Waals surface area (Å²) >= 11 is 0. The first-order valence-corrected chi connectivity index (χ1v) is 7.47. The largest absolute Gasteiger partial charge is 0.454 e. The van der Waals surface area contributed by atoms with Gasteiger partial charge in [0, 0.05) is 5.92 Å². The molecular weight excluding hydrogens is 276 g/mol. The van der Waals surface area contributed by atoms with Gasteiger partial charge >= 0.3 is 0 Å². The molecule has 112 valence electrons. The van der Waals surface area contributed by atoms with Crippen molar-refractivity contribution in [3.63, 3.8) is 0 Å². The van der Waals surface area contributed by atoms with E-state index in [9.17, 15) is 5.11 Å². The minimum Gasteiger partial charge on any atom is -0.454 e. The second-order valence-electron chi connectivity index (χ2n) is 6.39. The molecule has 0 radical (unpaired) electrons. The Morgan fingerprint density at radius 2 is 1.73 bits per heavy atom. The molecule has 0 fully saturated rings. The van der Waals surface area contributed by atoms with E-state index in [0.717, 1.165) is 33.8 Å². The Labute approximate surface area is 129 Å². The average Bonchev–Trinajstić information content (AvgIpc) is 3.07. The first-order valence-electron chi connectivity index (χ1n) is 7.47. The second-order valence-corrected chi connectivity index (χ2v) is 6.39. The standard InChI is InChI=1S/C19H18O3/c1-19(2,20)18-14(12-6-4-3-5-7-12)8-13-9-16-17(10-15(13)18)22-11-21-16/h3-10,18,20H,11H2,1-2H3/t18-/m1/s1. The number of fused-ring (bicyclic) bond motifs is 2. The van der Waals surface area contributed by atoms with Gasteiger partial charge < -0.3 is 14.6 Å². The zero-order chi connectivity index (χ0) is 15.3. The summed E-state index contributed by atoms with van der Waals surface area (Å²) in [6.45, 7) is 3.98. The van der Waals surface area contributed by atoms with Crippen molar-refractivity contribution < 1.29 is 14.6 Å². The molecule has 1 atom stereocenters. The summed E-state index contributed by atoms with van der Waals surface area (Å²) in [5, 5.41) is 10.7. The van der Waals surface area contributed by atoms with Crippen molar-refractivity contribution in [2.75, 3.05) is 6.79 Å². The van der Waals surface area contributed by atoms with Gasteiger partial charge in [0.15, 0.2) is 11.5 Å². The molecular formula is C19H18O3. The average molecular weight is 294 g/mol. The third-order valence-electron chi connectivity index (χ3n) is 4.32. The van der Waals surface area contributed by atoms with Crippen molar-refractivity contribution >= 4 is 11.6 Å². The van der Waals surface area contributed by atoms with Gasteiger partial charge in [-0.1, -0.05) is 30.3 Å². The van der Waals surface area contributed by atoms with Gasteiger partial charge in [0.05, 0.1) is 5.60 Å². The van der Waals surface area contributed by atoms with E-state index in [1.165, 1.54) is 0 Å². The van der Waals surface area contributed by atoms with Crippen LogP contribution in [0.1, 0.15) is 36.5 Å². The normalized spacial score (nSPS) is 19.0. The Hall–Kier alpha value is -2.26. The summed E-state index contributed by atoms with van der Waals surface area (Å²) in [5.74, 6) is 1.45. The highest BCUT2D eigenvalue weighted by molar-refractivity contribution is 5.93. The van der Waals surface area contributed by atoms with Gasteiger partial charge in [0.25, 0.3) is 0 Å². The highest BCUT2D eigenvalue weighted by atomic mass is 16.7. The van der Waals surface area contributed by atoms with Crippen molar-refractivity contribution in [3.8, 4) is 11.5 Å². The van der Waals surface area contributed by atoms with Gasteiger partial charge in [-0.3, -0.25) is 0 Å². The molecule has 2 aliphatic rings. The molecule has 0 bridgehead atoms. The minimum atomic E-state index is -0.860. The van der Waals surface area contributed by atoms with Gasteiger partial charge in [-0.25, -0.2) is 0 Å². The fourth-order valence-electron chi connectivity index (χ4n) is 3.41. The maximum absolute atomic E-state index is 10.7. The van der Waals surface area contributed by atoms with Crippen molar-refractivity contribution in [1.29, 1.82) is 0 Å². The monoisotopic (exact) mass is 294 g/mol. The first kappa shape index (κ1) is 13.4. The predicted molar refractivity (Wildman–Crippen MR) is 85.9 cm³/mol. The molecule has 3 heteroatoms. The Morgan fingerprint density at radius 3 is 2.41 bits per heavy atom. The van der Waals surface area contributed by atoms with Gasteiger partial charge in [-0.2, -0.15) is 0 Å². The van der Waals surface area contributed by atoms with E-state index in [4.69, 9.17) is 9.47 Å². The maximum Gasteiger partial charge on any atom is 0.231 e. The third-order valence-corrected chi connectivity index (χ3v) is 4.32. The highest BCUT2D eigenvalue weighted by Crippen LogP contribution is 2.50. The van der Waals surface area contributed by atoms with Gasteiger partial charge in [0.2, 0.25) is 6.79 Å². The molecule has 0 spiro atoms. The van der Waals surface area contributed by atoms with Crippen LogP contribution in [0, 0.1) is 0 Å². The van der Waals surface area contributed by atoms with Crippen molar-refractivity contribution in [3.05, 3.63) is 59.2 Å². The number of aliphatic hydroxyl groups is 1. The van der Waals surface area contributed by atoms with Crippen LogP contribution >= 0.6 is 0 Å². The lowest BCUT2D eigenvalue weighted by Crippen LogP contribution is -2.28. The molecule has 0 aromatic heterocycles. The molecule has 1 N–H and O–H groups in total. The maximum atomic E-state index is 10.7. The second kappa shape index (κ2) is 4.62. The summed E-state index contributed by atoms with van der Waals surface area (Å²) in [6, 6.07) is 14.2. The topological polar surface area (TPSA) is 38.7 Å². The van der Waals surface area contributed by atoms with E-state index in [0.29, 0.717) is 0 Å². The molecule has 4 rings (SSSR count). The lowest BCUT2D eigenvalue weighted by molar-refractivity contribution is 0.0689. The van der Waals surface area contributed by atoms with E-state index < -0.39 is 5.60 Å². The SMILES string of the molecule is CC(C)(O)[C@@H]1C(c2ccccc2)=Cc2cc3c(cc21)OCO3. The fraction of sp³-hybridized carbons (Fsp3) is 0.263. The Morgan fingerprint density at radius 1 is 1.05 bits per heavy atom. The predicted octanol–water partition coefficient (Wildman–Crippen LogP) is 3.82. The van der Waals surface area contributed by atoms with Gasteiger partial charge in [-0.15, -0.1) is 0 Å². The van der Waals surface area contributed by atoms with Gasteiger partial charge in [-0.05, 0) is 54.3 Å². The lowest BCUT2D eigenvalue weighted by atomic mass is 9.80. The van der Waals surface area contributed by atoms with E-state index in [1.807, 2.05) is 44.2 Å². The van der Waals surface area contributed by atoms with Crippen LogP contribution < -0.4 is 9.47 Å². The molecule has 1 aliphatic heterocycles. The first-order chi connectivity index (χ1) is 10.5. The summed E-state index contributed by atoms with van der Waals surface area (Å²) in [5.41, 5.74) is 3.59. The molecule has 3 nitrogen and oxygen atoms in total. The molecule has 0 saturated carbocycles. The number of hydrogen-bond donors (Lipinski definition) is 1. The number of rotatable bonds is 2. The van der Waals surface area contributed by atoms with Crippen LogP contribution in [0.2, 0.25) is 0 Å². The Bertz CT molecular complexity index is 754. The van der Waals surface area contributed by atoms with E-state index in [-0.39, 0.29) is 12.7 Å². The summed E-state index contributed by atoms with van der Waals surface area (Å²) in [7, 11) is 0. The molecule has 1 aliphatic carbocycles. The van der Waals surface area contributed by atoms with Crippen LogP contribution in [0.4, 0.5) is 0 Å². The quantitative estimate of drug-likeness (QED) is 0.915. The van der Waals surface area contributed by atoms with Crippen molar-refractivity contribution in [2.45, 2.75) is 25.4 Å². The zero-order valence-corrected chi connectivity index (χ0v) is 12.7. The fourth-order valence-corrected chi connectivity index (χ4v) is 3.41. The number of ether oxygens (including phenoxy) is 2. The van der Waals surface area contributed by atoms with E-state index in [1.54, 1.807) is 0 Å². The van der Waals surface area contributed by atoms with Crippen molar-refractivity contribution in [2.24, 2.45) is 0 Å². The highest BCUT2D eigenvalue weighted by Gasteiger charge is 2.38. The van der Waals surface area contributed by atoms with E-state index >= 15 is 0 Å². The van der Waals surface area contributed by atoms with Crippen LogP contribution in [0.15, 0.2) is 42.5 Å². The zero-order valence-electron chi connectivity index (χ0n) is 12.7. The summed E-state index contributed by atoms with van der Waals surface area (Å²) < 4.78 is 11.0. The summed E-state index contributed by atoms with van der Waals surface area (Å²) in [4.78, 5) is 0.